The van der Waals surface area contributed by atoms with Gasteiger partial charge < -0.3 is 5.11 Å². The number of hydrogen-bond acceptors (Lipinski definition) is 3. The van der Waals surface area contributed by atoms with Crippen LogP contribution in [-0.2, 0) is 16.1 Å². The molecule has 0 atom stereocenters. The molecular weight excluding hydrogens is 321 g/mol. The van der Waals surface area contributed by atoms with Gasteiger partial charge in [-0.05, 0) is 35.4 Å². The van der Waals surface area contributed by atoms with E-state index in [1.54, 1.807) is 24.3 Å². The smallest absolute Gasteiger partial charge is 0.296 e. The molecule has 0 saturated carbocycles. The molecule has 0 aromatic heterocycles. The summed E-state index contributed by atoms with van der Waals surface area (Å²) >= 11 is 5.80. The Morgan fingerprint density at radius 2 is 1.57 bits per heavy atom. The largest absolute Gasteiger partial charge is 0.502 e. The molecule has 0 radical (unpaired) electrons. The Bertz CT molecular complexity index is 813. The second-order valence-electron chi connectivity index (χ2n) is 5.05. The van der Waals surface area contributed by atoms with Crippen molar-refractivity contribution in [3.8, 4) is 0 Å². The molecule has 1 aliphatic rings. The molecule has 0 fully saturated rings. The van der Waals surface area contributed by atoms with Gasteiger partial charge in [-0.1, -0.05) is 35.9 Å². The average molecular weight is 332 g/mol. The summed E-state index contributed by atoms with van der Waals surface area (Å²) < 4.78 is 13.0. The maximum absolute atomic E-state index is 13.0. The topological polar surface area (TPSA) is 57.6 Å². The summed E-state index contributed by atoms with van der Waals surface area (Å²) in [5.74, 6) is -2.49. The number of amides is 2. The van der Waals surface area contributed by atoms with Gasteiger partial charge in [0.15, 0.2) is 5.76 Å². The van der Waals surface area contributed by atoms with Crippen LogP contribution in [0.5, 0.6) is 0 Å². The van der Waals surface area contributed by atoms with Gasteiger partial charge in [-0.2, -0.15) is 0 Å². The SMILES string of the molecule is O=C1C(O)=C(c2ccc(F)cc2)C(=O)N1Cc1ccc(Cl)cc1. The lowest BCUT2D eigenvalue weighted by molar-refractivity contribution is -0.138. The molecule has 3 rings (SSSR count). The molecule has 1 N–H and O–H groups in total. The van der Waals surface area contributed by atoms with Crippen molar-refractivity contribution in [3.63, 3.8) is 0 Å². The molecule has 1 heterocycles. The molecule has 116 valence electrons. The minimum absolute atomic E-state index is 0.0175. The molecule has 0 spiro atoms. The van der Waals surface area contributed by atoms with Crippen LogP contribution in [0.2, 0.25) is 5.02 Å². The number of carbonyl (C=O) groups is 2. The van der Waals surface area contributed by atoms with Crippen molar-refractivity contribution in [3.05, 3.63) is 76.3 Å². The summed E-state index contributed by atoms with van der Waals surface area (Å²) in [6, 6.07) is 11.7. The highest BCUT2D eigenvalue weighted by molar-refractivity contribution is 6.34. The highest BCUT2D eigenvalue weighted by Crippen LogP contribution is 2.29. The normalized spacial score (nSPS) is 14.8. The fourth-order valence-electron chi connectivity index (χ4n) is 2.36. The Labute approximate surface area is 136 Å². The van der Waals surface area contributed by atoms with Gasteiger partial charge in [0.05, 0.1) is 12.1 Å². The molecule has 2 amide bonds. The van der Waals surface area contributed by atoms with Gasteiger partial charge >= 0.3 is 0 Å². The highest BCUT2D eigenvalue weighted by Gasteiger charge is 2.39. The van der Waals surface area contributed by atoms with Crippen molar-refractivity contribution >= 4 is 29.0 Å². The van der Waals surface area contributed by atoms with Crippen molar-refractivity contribution < 1.29 is 19.1 Å². The molecular formula is C17H11ClFNO3. The number of nitrogens with zero attached hydrogens (tertiary/aromatic N) is 1. The van der Waals surface area contributed by atoms with Crippen molar-refractivity contribution in [1.82, 2.24) is 4.90 Å². The maximum atomic E-state index is 13.0. The summed E-state index contributed by atoms with van der Waals surface area (Å²) in [6.45, 7) is 0.0175. The number of imide groups is 1. The van der Waals surface area contributed by atoms with Crippen LogP contribution in [0.1, 0.15) is 11.1 Å². The third kappa shape index (κ3) is 2.83. The van der Waals surface area contributed by atoms with E-state index in [4.69, 9.17) is 11.6 Å². The number of halogens is 2. The summed E-state index contributed by atoms with van der Waals surface area (Å²) in [6.07, 6.45) is 0. The van der Waals surface area contributed by atoms with Crippen molar-refractivity contribution in [1.29, 1.82) is 0 Å². The number of rotatable bonds is 3. The Morgan fingerprint density at radius 3 is 2.17 bits per heavy atom. The second kappa shape index (κ2) is 5.85. The van der Waals surface area contributed by atoms with E-state index < -0.39 is 23.4 Å². The van der Waals surface area contributed by atoms with Gasteiger partial charge in [0.25, 0.3) is 11.8 Å². The van der Waals surface area contributed by atoms with E-state index in [1.165, 1.54) is 12.1 Å². The molecule has 2 aromatic carbocycles. The zero-order valence-electron chi connectivity index (χ0n) is 11.8. The van der Waals surface area contributed by atoms with Crippen LogP contribution in [0.15, 0.2) is 54.3 Å². The lowest BCUT2D eigenvalue weighted by Crippen LogP contribution is -2.31. The van der Waals surface area contributed by atoms with Crippen LogP contribution in [0, 0.1) is 5.82 Å². The molecule has 0 bridgehead atoms. The molecule has 0 saturated heterocycles. The predicted molar refractivity (Wildman–Crippen MR) is 83.0 cm³/mol. The lowest BCUT2D eigenvalue weighted by Gasteiger charge is -2.14. The van der Waals surface area contributed by atoms with E-state index in [9.17, 15) is 19.1 Å². The van der Waals surface area contributed by atoms with Crippen LogP contribution < -0.4 is 0 Å². The predicted octanol–water partition coefficient (Wildman–Crippen LogP) is 3.32. The summed E-state index contributed by atoms with van der Waals surface area (Å²) in [5.41, 5.74) is 0.870. The van der Waals surface area contributed by atoms with Crippen molar-refractivity contribution in [2.75, 3.05) is 0 Å². The first-order chi connectivity index (χ1) is 11.0. The van der Waals surface area contributed by atoms with Gasteiger partial charge in [0, 0.05) is 5.02 Å². The van der Waals surface area contributed by atoms with E-state index in [0.717, 1.165) is 17.0 Å². The zero-order valence-corrected chi connectivity index (χ0v) is 12.5. The summed E-state index contributed by atoms with van der Waals surface area (Å²) in [5, 5.41) is 10.5. The molecule has 0 aliphatic carbocycles. The Hall–Kier alpha value is -2.66. The van der Waals surface area contributed by atoms with Gasteiger partial charge in [-0.25, -0.2) is 4.39 Å². The fourth-order valence-corrected chi connectivity index (χ4v) is 2.48. The van der Waals surface area contributed by atoms with Crippen molar-refractivity contribution in [2.24, 2.45) is 0 Å². The van der Waals surface area contributed by atoms with Gasteiger partial charge in [0.2, 0.25) is 0 Å². The summed E-state index contributed by atoms with van der Waals surface area (Å²) in [7, 11) is 0. The monoisotopic (exact) mass is 331 g/mol. The number of hydrogen-bond donors (Lipinski definition) is 1. The van der Waals surface area contributed by atoms with E-state index in [1.807, 2.05) is 0 Å². The number of aliphatic hydroxyl groups excluding tert-OH is 1. The van der Waals surface area contributed by atoms with E-state index in [2.05, 4.69) is 0 Å². The second-order valence-corrected chi connectivity index (χ2v) is 5.49. The van der Waals surface area contributed by atoms with Gasteiger partial charge in [0.1, 0.15) is 5.82 Å². The maximum Gasteiger partial charge on any atom is 0.296 e. The Balaban J connectivity index is 1.89. The molecule has 0 unspecified atom stereocenters. The number of benzene rings is 2. The lowest BCUT2D eigenvalue weighted by atomic mass is 10.1. The Kier molecular flexibility index (Phi) is 3.88. The third-order valence-corrected chi connectivity index (χ3v) is 3.78. The third-order valence-electron chi connectivity index (χ3n) is 3.53. The first-order valence-corrected chi connectivity index (χ1v) is 7.15. The molecule has 2 aromatic rings. The first kappa shape index (κ1) is 15.2. The molecule has 1 aliphatic heterocycles. The molecule has 4 nitrogen and oxygen atoms in total. The van der Waals surface area contributed by atoms with Crippen molar-refractivity contribution in [2.45, 2.75) is 6.54 Å². The Morgan fingerprint density at radius 1 is 0.957 bits per heavy atom. The average Bonchev–Trinajstić information content (AvgIpc) is 2.74. The van der Waals surface area contributed by atoms with E-state index >= 15 is 0 Å². The van der Waals surface area contributed by atoms with Crippen LogP contribution >= 0.6 is 11.6 Å². The number of aliphatic hydroxyl groups is 1. The van der Waals surface area contributed by atoms with Crippen LogP contribution in [0.3, 0.4) is 0 Å². The highest BCUT2D eigenvalue weighted by atomic mass is 35.5. The quantitative estimate of drug-likeness (QED) is 0.878. The fraction of sp³-hybridized carbons (Fsp3) is 0.0588. The van der Waals surface area contributed by atoms with Gasteiger partial charge in [-0.3, -0.25) is 14.5 Å². The molecule has 23 heavy (non-hydrogen) atoms. The standard InChI is InChI=1S/C17H11ClFNO3/c18-12-5-1-10(2-6-12)9-20-16(22)14(15(21)17(20)23)11-3-7-13(19)8-4-11/h1-8,21H,9H2. The minimum atomic E-state index is -0.774. The zero-order chi connectivity index (χ0) is 16.6. The van der Waals surface area contributed by atoms with Gasteiger partial charge in [-0.15, -0.1) is 0 Å². The van der Waals surface area contributed by atoms with E-state index in [-0.39, 0.29) is 12.1 Å². The van der Waals surface area contributed by atoms with Crippen LogP contribution in [0.4, 0.5) is 4.39 Å². The van der Waals surface area contributed by atoms with E-state index in [0.29, 0.717) is 16.1 Å². The number of carbonyl (C=O) groups excluding carboxylic acids is 2. The van der Waals surface area contributed by atoms with Crippen LogP contribution in [-0.4, -0.2) is 21.8 Å². The summed E-state index contributed by atoms with van der Waals surface area (Å²) in [4.78, 5) is 25.5. The minimum Gasteiger partial charge on any atom is -0.502 e. The van der Waals surface area contributed by atoms with Crippen LogP contribution in [0.25, 0.3) is 5.57 Å². The first-order valence-electron chi connectivity index (χ1n) is 6.77. The molecule has 6 heteroatoms.